The first-order valence-corrected chi connectivity index (χ1v) is 4.17. The third-order valence-corrected chi connectivity index (χ3v) is 2.27. The van der Waals surface area contributed by atoms with Gasteiger partial charge in [0.15, 0.2) is 0 Å². The quantitative estimate of drug-likeness (QED) is 0.598. The number of hydrogen-bond donors (Lipinski definition) is 2. The van der Waals surface area contributed by atoms with Crippen molar-refractivity contribution in [3.63, 3.8) is 0 Å². The predicted molar refractivity (Wildman–Crippen MR) is 41.9 cm³/mol. The molecule has 1 aliphatic rings. The Kier molecular flexibility index (Phi) is 3.16. The normalized spacial score (nSPS) is 34.2. The van der Waals surface area contributed by atoms with Gasteiger partial charge in [-0.15, -0.1) is 0 Å². The first kappa shape index (κ1) is 8.02. The molecule has 2 N–H and O–H groups in total. The van der Waals surface area contributed by atoms with Gasteiger partial charge in [-0.25, -0.2) is 0 Å². The molecule has 0 saturated carbocycles. The Morgan fingerprint density at radius 1 is 1.60 bits per heavy atom. The molecule has 0 amide bonds. The van der Waals surface area contributed by atoms with Crippen LogP contribution in [-0.2, 0) is 0 Å². The molecule has 1 fully saturated rings. The Morgan fingerprint density at radius 3 is 3.00 bits per heavy atom. The number of piperidine rings is 1. The fourth-order valence-corrected chi connectivity index (χ4v) is 1.68. The van der Waals surface area contributed by atoms with Crippen LogP contribution in [0.25, 0.3) is 0 Å². The molecule has 0 aromatic rings. The van der Waals surface area contributed by atoms with Gasteiger partial charge in [0, 0.05) is 12.6 Å². The van der Waals surface area contributed by atoms with Crippen molar-refractivity contribution in [2.24, 2.45) is 5.92 Å². The van der Waals surface area contributed by atoms with E-state index >= 15 is 0 Å². The van der Waals surface area contributed by atoms with E-state index in [1.165, 1.54) is 12.8 Å². The molecule has 2 nitrogen and oxygen atoms in total. The van der Waals surface area contributed by atoms with E-state index in [4.69, 9.17) is 5.11 Å². The van der Waals surface area contributed by atoms with Crippen LogP contribution in [0.4, 0.5) is 0 Å². The molecule has 1 aliphatic heterocycles. The summed E-state index contributed by atoms with van der Waals surface area (Å²) in [4.78, 5) is 0. The van der Waals surface area contributed by atoms with E-state index in [-0.39, 0.29) is 0 Å². The Bertz CT molecular complexity index is 93.3. The molecule has 0 unspecified atom stereocenters. The van der Waals surface area contributed by atoms with Crippen molar-refractivity contribution in [3.05, 3.63) is 0 Å². The maximum Gasteiger partial charge on any atom is 0.0433 e. The van der Waals surface area contributed by atoms with E-state index in [9.17, 15) is 0 Å². The Balaban J connectivity index is 2.18. The highest BCUT2D eigenvalue weighted by atomic mass is 16.3. The zero-order valence-corrected chi connectivity index (χ0v) is 6.64. The summed E-state index contributed by atoms with van der Waals surface area (Å²) >= 11 is 0. The van der Waals surface area contributed by atoms with Crippen LogP contribution in [-0.4, -0.2) is 24.3 Å². The van der Waals surface area contributed by atoms with Gasteiger partial charge >= 0.3 is 0 Å². The highest BCUT2D eigenvalue weighted by molar-refractivity contribution is 4.74. The van der Waals surface area contributed by atoms with Crippen molar-refractivity contribution in [1.82, 2.24) is 5.32 Å². The number of hydrogen-bond acceptors (Lipinski definition) is 2. The second-order valence-electron chi connectivity index (χ2n) is 3.26. The van der Waals surface area contributed by atoms with E-state index in [2.05, 4.69) is 12.2 Å². The number of rotatable bonds is 2. The molecule has 2 atom stereocenters. The van der Waals surface area contributed by atoms with Crippen molar-refractivity contribution in [2.45, 2.75) is 32.2 Å². The Labute approximate surface area is 62.6 Å². The van der Waals surface area contributed by atoms with Crippen LogP contribution in [0.15, 0.2) is 0 Å². The molecular weight excluding hydrogens is 126 g/mol. The van der Waals surface area contributed by atoms with Gasteiger partial charge < -0.3 is 10.4 Å². The molecule has 1 heterocycles. The average molecular weight is 143 g/mol. The fourth-order valence-electron chi connectivity index (χ4n) is 1.68. The molecular formula is C8H17NO. The lowest BCUT2D eigenvalue weighted by molar-refractivity contribution is 0.220. The molecule has 1 rings (SSSR count). The minimum absolute atomic E-state index is 0.359. The Hall–Kier alpha value is -0.0800. The van der Waals surface area contributed by atoms with Crippen molar-refractivity contribution >= 4 is 0 Å². The standard InChI is InChI=1S/C8H17NO/c1-7-6-8(3-5-10)2-4-9-7/h7-10H,2-6H2,1H3/t7-,8+/m0/s1. The van der Waals surface area contributed by atoms with E-state index in [1.54, 1.807) is 0 Å². The topological polar surface area (TPSA) is 32.3 Å². The van der Waals surface area contributed by atoms with Crippen LogP contribution in [0.1, 0.15) is 26.2 Å². The summed E-state index contributed by atoms with van der Waals surface area (Å²) in [6.45, 7) is 3.70. The largest absolute Gasteiger partial charge is 0.396 e. The van der Waals surface area contributed by atoms with Crippen LogP contribution in [0.5, 0.6) is 0 Å². The Morgan fingerprint density at radius 2 is 2.40 bits per heavy atom. The van der Waals surface area contributed by atoms with Crippen molar-refractivity contribution in [2.75, 3.05) is 13.2 Å². The van der Waals surface area contributed by atoms with Crippen LogP contribution >= 0.6 is 0 Å². The molecule has 60 valence electrons. The molecule has 0 aromatic heterocycles. The van der Waals surface area contributed by atoms with Crippen LogP contribution in [0.2, 0.25) is 0 Å². The number of aliphatic hydroxyl groups excluding tert-OH is 1. The molecule has 2 heteroatoms. The molecule has 0 aromatic carbocycles. The minimum Gasteiger partial charge on any atom is -0.396 e. The molecule has 0 radical (unpaired) electrons. The SMILES string of the molecule is C[C@H]1C[C@@H](CCO)CCN1. The van der Waals surface area contributed by atoms with Crippen LogP contribution in [0, 0.1) is 5.92 Å². The van der Waals surface area contributed by atoms with Gasteiger partial charge in [0.25, 0.3) is 0 Å². The van der Waals surface area contributed by atoms with E-state index in [1.807, 2.05) is 0 Å². The zero-order chi connectivity index (χ0) is 7.40. The van der Waals surface area contributed by atoms with E-state index < -0.39 is 0 Å². The summed E-state index contributed by atoms with van der Waals surface area (Å²) in [5.74, 6) is 0.765. The van der Waals surface area contributed by atoms with Gasteiger partial charge in [-0.2, -0.15) is 0 Å². The van der Waals surface area contributed by atoms with E-state index in [0.717, 1.165) is 18.9 Å². The van der Waals surface area contributed by atoms with Crippen molar-refractivity contribution in [3.8, 4) is 0 Å². The van der Waals surface area contributed by atoms with Crippen LogP contribution in [0.3, 0.4) is 0 Å². The predicted octanol–water partition coefficient (Wildman–Crippen LogP) is 0.757. The van der Waals surface area contributed by atoms with Crippen LogP contribution < -0.4 is 5.32 Å². The summed E-state index contributed by atoms with van der Waals surface area (Å²) in [5, 5.41) is 12.1. The third-order valence-electron chi connectivity index (χ3n) is 2.27. The lowest BCUT2D eigenvalue weighted by atomic mass is 9.91. The maximum absolute atomic E-state index is 8.68. The fraction of sp³-hybridized carbons (Fsp3) is 1.00. The summed E-state index contributed by atoms with van der Waals surface area (Å²) in [6.07, 6.45) is 3.47. The van der Waals surface area contributed by atoms with Gasteiger partial charge in [-0.3, -0.25) is 0 Å². The summed E-state index contributed by atoms with van der Waals surface area (Å²) in [5.41, 5.74) is 0. The van der Waals surface area contributed by atoms with Crippen molar-refractivity contribution in [1.29, 1.82) is 0 Å². The van der Waals surface area contributed by atoms with Gasteiger partial charge in [-0.1, -0.05) is 0 Å². The smallest absolute Gasteiger partial charge is 0.0433 e. The minimum atomic E-state index is 0.359. The lowest BCUT2D eigenvalue weighted by Gasteiger charge is -2.27. The zero-order valence-electron chi connectivity index (χ0n) is 6.64. The highest BCUT2D eigenvalue weighted by Gasteiger charge is 2.16. The summed E-state index contributed by atoms with van der Waals surface area (Å²) < 4.78 is 0. The number of aliphatic hydroxyl groups is 1. The second-order valence-corrected chi connectivity index (χ2v) is 3.26. The van der Waals surface area contributed by atoms with Gasteiger partial charge in [0.1, 0.15) is 0 Å². The highest BCUT2D eigenvalue weighted by Crippen LogP contribution is 2.18. The number of nitrogens with one attached hydrogen (secondary N) is 1. The van der Waals surface area contributed by atoms with Gasteiger partial charge in [-0.05, 0) is 38.6 Å². The lowest BCUT2D eigenvalue weighted by Crippen LogP contribution is -2.35. The summed E-state index contributed by atoms with van der Waals surface area (Å²) in [6, 6.07) is 0.658. The first-order valence-electron chi connectivity index (χ1n) is 4.17. The molecule has 0 bridgehead atoms. The monoisotopic (exact) mass is 143 g/mol. The molecule has 10 heavy (non-hydrogen) atoms. The van der Waals surface area contributed by atoms with E-state index in [0.29, 0.717) is 12.6 Å². The average Bonchev–Trinajstić information content (AvgIpc) is 1.88. The molecule has 0 spiro atoms. The first-order chi connectivity index (χ1) is 4.83. The molecule has 0 aliphatic carbocycles. The summed E-state index contributed by atoms with van der Waals surface area (Å²) in [7, 11) is 0. The third kappa shape index (κ3) is 2.27. The second kappa shape index (κ2) is 3.94. The van der Waals surface area contributed by atoms with Gasteiger partial charge in [0.05, 0.1) is 0 Å². The van der Waals surface area contributed by atoms with Gasteiger partial charge in [0.2, 0.25) is 0 Å². The molecule has 1 saturated heterocycles. The maximum atomic E-state index is 8.68. The van der Waals surface area contributed by atoms with Crippen molar-refractivity contribution < 1.29 is 5.11 Å².